The highest BCUT2D eigenvalue weighted by Gasteiger charge is 2.24. The molecular formula is C21H23N3O6S. The monoisotopic (exact) mass is 445 g/mol. The molecule has 0 saturated carbocycles. The molecular weight excluding hydrogens is 422 g/mol. The Kier molecular flexibility index (Phi) is 7.35. The molecule has 1 aromatic carbocycles. The van der Waals surface area contributed by atoms with E-state index in [0.29, 0.717) is 23.5 Å². The van der Waals surface area contributed by atoms with Crippen molar-refractivity contribution in [2.45, 2.75) is 26.2 Å². The topological polar surface area (TPSA) is 119 Å². The number of nitro benzene ring substituents is 1. The van der Waals surface area contributed by atoms with Crippen LogP contribution in [0.1, 0.15) is 44.7 Å². The van der Waals surface area contributed by atoms with Crippen molar-refractivity contribution in [3.63, 3.8) is 0 Å². The van der Waals surface area contributed by atoms with Crippen molar-refractivity contribution in [1.29, 1.82) is 0 Å². The van der Waals surface area contributed by atoms with Crippen LogP contribution in [0.5, 0.6) is 0 Å². The number of rotatable bonds is 9. The van der Waals surface area contributed by atoms with Gasteiger partial charge in [-0.1, -0.05) is 0 Å². The first-order valence-electron chi connectivity index (χ1n) is 9.92. The van der Waals surface area contributed by atoms with Crippen molar-refractivity contribution >= 4 is 40.4 Å². The van der Waals surface area contributed by atoms with Gasteiger partial charge in [0.15, 0.2) is 6.61 Å². The summed E-state index contributed by atoms with van der Waals surface area (Å²) in [4.78, 5) is 50.0. The van der Waals surface area contributed by atoms with Gasteiger partial charge in [0.1, 0.15) is 0 Å². The third-order valence-electron chi connectivity index (χ3n) is 4.87. The fourth-order valence-corrected chi connectivity index (χ4v) is 4.27. The van der Waals surface area contributed by atoms with Crippen LogP contribution in [0.4, 0.5) is 11.4 Å². The first-order chi connectivity index (χ1) is 14.8. The second-order valence-electron chi connectivity index (χ2n) is 7.15. The Hall–Kier alpha value is -3.27. The molecule has 0 spiro atoms. The Morgan fingerprint density at radius 3 is 2.61 bits per heavy atom. The molecule has 1 aliphatic heterocycles. The van der Waals surface area contributed by atoms with Crippen LogP contribution in [-0.4, -0.2) is 48.8 Å². The number of carbonyl (C=O) groups is 3. The number of Topliss-reactive ketones (excluding diaryl/α,β-unsaturated/α-hetero) is 1. The van der Waals surface area contributed by atoms with E-state index in [2.05, 4.69) is 5.32 Å². The molecule has 3 rings (SSSR count). The zero-order chi connectivity index (χ0) is 22.4. The largest absolute Gasteiger partial charge is 0.454 e. The van der Waals surface area contributed by atoms with Crippen LogP contribution in [0.25, 0.3) is 0 Å². The quantitative estimate of drug-likeness (QED) is 0.273. The van der Waals surface area contributed by atoms with Crippen molar-refractivity contribution in [1.82, 2.24) is 5.32 Å². The first-order valence-corrected chi connectivity index (χ1v) is 10.7. The molecule has 1 aliphatic rings. The summed E-state index contributed by atoms with van der Waals surface area (Å²) in [6.45, 7) is 2.98. The second-order valence-corrected chi connectivity index (χ2v) is 8.32. The predicted molar refractivity (Wildman–Crippen MR) is 116 cm³/mol. The number of anilines is 1. The number of hydrogen-bond donors (Lipinski definition) is 1. The highest BCUT2D eigenvalue weighted by atomic mass is 32.1. The number of non-ortho nitro benzene ring substituents is 1. The summed E-state index contributed by atoms with van der Waals surface area (Å²) in [5, 5.41) is 13.8. The fraction of sp³-hybridized carbons (Fsp3) is 0.381. The van der Waals surface area contributed by atoms with E-state index in [0.717, 1.165) is 30.8 Å². The number of esters is 1. The summed E-state index contributed by atoms with van der Waals surface area (Å²) in [7, 11) is 0. The molecule has 1 N–H and O–H groups in total. The second kappa shape index (κ2) is 10.2. The number of carbonyl (C=O) groups excluding carboxylic acids is 3. The summed E-state index contributed by atoms with van der Waals surface area (Å²) in [5.41, 5.74) is 0.464. The van der Waals surface area contributed by atoms with E-state index in [1.807, 2.05) is 4.90 Å². The van der Waals surface area contributed by atoms with Gasteiger partial charge in [0.25, 0.3) is 5.69 Å². The van der Waals surface area contributed by atoms with Crippen LogP contribution in [0.15, 0.2) is 30.3 Å². The number of benzene rings is 1. The molecule has 0 atom stereocenters. The van der Waals surface area contributed by atoms with Crippen LogP contribution in [0, 0.1) is 10.1 Å². The summed E-state index contributed by atoms with van der Waals surface area (Å²) < 4.78 is 5.21. The number of ketones is 1. The van der Waals surface area contributed by atoms with Crippen LogP contribution >= 0.6 is 11.3 Å². The third kappa shape index (κ3) is 5.88. The summed E-state index contributed by atoms with van der Waals surface area (Å²) >= 11 is 1.28. The van der Waals surface area contributed by atoms with E-state index in [9.17, 15) is 24.5 Å². The maximum absolute atomic E-state index is 12.7. The van der Waals surface area contributed by atoms with E-state index in [1.165, 1.54) is 30.4 Å². The van der Waals surface area contributed by atoms with Gasteiger partial charge in [-0.05, 0) is 37.5 Å². The summed E-state index contributed by atoms with van der Waals surface area (Å²) in [6, 6.07) is 7.58. The maximum atomic E-state index is 12.7. The van der Waals surface area contributed by atoms with Gasteiger partial charge in [-0.25, -0.2) is 4.79 Å². The number of amides is 1. The number of nitrogens with zero attached hydrogens (tertiary/aromatic N) is 2. The van der Waals surface area contributed by atoms with Gasteiger partial charge >= 0.3 is 5.97 Å². The van der Waals surface area contributed by atoms with Crippen molar-refractivity contribution in [3.05, 3.63) is 55.8 Å². The minimum Gasteiger partial charge on any atom is -0.454 e. The van der Waals surface area contributed by atoms with Crippen molar-refractivity contribution < 1.29 is 24.0 Å². The molecule has 1 amide bonds. The summed E-state index contributed by atoms with van der Waals surface area (Å²) in [5.74, 6) is -1.23. The smallest absolute Gasteiger partial charge is 0.340 e. The molecule has 0 unspecified atom stereocenters. The number of hydrogen-bond acceptors (Lipinski definition) is 8. The molecule has 9 nitrogen and oxygen atoms in total. The zero-order valence-corrected chi connectivity index (χ0v) is 17.9. The average Bonchev–Trinajstić information content (AvgIpc) is 3.43. The predicted octanol–water partition coefficient (Wildman–Crippen LogP) is 2.97. The number of nitro groups is 1. The molecule has 0 aliphatic carbocycles. The van der Waals surface area contributed by atoms with Crippen molar-refractivity contribution in [2.24, 2.45) is 0 Å². The van der Waals surface area contributed by atoms with Gasteiger partial charge in [-0.2, -0.15) is 0 Å². The van der Waals surface area contributed by atoms with Crippen LogP contribution < -0.4 is 10.2 Å². The molecule has 1 aromatic heterocycles. The van der Waals surface area contributed by atoms with Gasteiger partial charge in [0.05, 0.1) is 21.1 Å². The van der Waals surface area contributed by atoms with Crippen LogP contribution in [0.2, 0.25) is 0 Å². The Morgan fingerprint density at radius 2 is 1.94 bits per heavy atom. The number of thiophene rings is 1. The van der Waals surface area contributed by atoms with Gasteiger partial charge < -0.3 is 15.0 Å². The van der Waals surface area contributed by atoms with Crippen LogP contribution in [-0.2, 0) is 16.0 Å². The Balaban J connectivity index is 1.65. The fourth-order valence-electron chi connectivity index (χ4n) is 3.34. The minimum absolute atomic E-state index is 0.0890. The number of ether oxygens (including phenoxy) is 1. The molecule has 10 heteroatoms. The van der Waals surface area contributed by atoms with Crippen molar-refractivity contribution in [3.8, 4) is 0 Å². The van der Waals surface area contributed by atoms with Crippen molar-refractivity contribution in [2.75, 3.05) is 31.1 Å². The van der Waals surface area contributed by atoms with E-state index in [4.69, 9.17) is 4.74 Å². The molecule has 164 valence electrons. The molecule has 0 bridgehead atoms. The normalized spacial score (nSPS) is 13.1. The lowest BCUT2D eigenvalue weighted by Crippen LogP contribution is -2.22. The maximum Gasteiger partial charge on any atom is 0.340 e. The molecule has 31 heavy (non-hydrogen) atoms. The Morgan fingerprint density at radius 1 is 1.19 bits per heavy atom. The third-order valence-corrected chi connectivity index (χ3v) is 6.06. The average molecular weight is 445 g/mol. The highest BCUT2D eigenvalue weighted by molar-refractivity contribution is 7.14. The minimum atomic E-state index is -0.763. The van der Waals surface area contributed by atoms with E-state index in [-0.39, 0.29) is 22.9 Å². The van der Waals surface area contributed by atoms with E-state index < -0.39 is 17.5 Å². The van der Waals surface area contributed by atoms with E-state index in [1.54, 1.807) is 18.2 Å². The van der Waals surface area contributed by atoms with Gasteiger partial charge in [-0.3, -0.25) is 19.7 Å². The number of nitrogens with one attached hydrogen (secondary N) is 1. The molecule has 1 saturated heterocycles. The van der Waals surface area contributed by atoms with Gasteiger partial charge in [0.2, 0.25) is 11.7 Å². The Bertz CT molecular complexity index is 997. The lowest BCUT2D eigenvalue weighted by Gasteiger charge is -2.20. The zero-order valence-electron chi connectivity index (χ0n) is 17.1. The molecule has 2 heterocycles. The standard InChI is InChI=1S/C21H23N3O6S/c1-14(25)22-9-8-16-5-7-20(31-16)19(26)13-30-21(27)17-12-15(24(28)29)4-6-18(17)23-10-2-3-11-23/h4-7,12H,2-3,8-11,13H2,1H3,(H,22,25). The lowest BCUT2D eigenvalue weighted by atomic mass is 10.1. The van der Waals surface area contributed by atoms with Gasteiger partial charge in [-0.15, -0.1) is 11.3 Å². The Labute approximate surface area is 183 Å². The first kappa shape index (κ1) is 22.4. The van der Waals surface area contributed by atoms with Gasteiger partial charge in [0, 0.05) is 43.6 Å². The lowest BCUT2D eigenvalue weighted by molar-refractivity contribution is -0.384. The highest BCUT2D eigenvalue weighted by Crippen LogP contribution is 2.29. The molecule has 0 radical (unpaired) electrons. The van der Waals surface area contributed by atoms with Crippen LogP contribution in [0.3, 0.4) is 0 Å². The van der Waals surface area contributed by atoms with E-state index >= 15 is 0 Å². The summed E-state index contributed by atoms with van der Waals surface area (Å²) in [6.07, 6.45) is 2.56. The molecule has 2 aromatic rings. The molecule has 1 fully saturated rings. The SMILES string of the molecule is CC(=O)NCCc1ccc(C(=O)COC(=O)c2cc([N+](=O)[O-])ccc2N2CCCC2)s1.